The van der Waals surface area contributed by atoms with Gasteiger partial charge in [-0.3, -0.25) is 0 Å². The summed E-state index contributed by atoms with van der Waals surface area (Å²) >= 11 is 0. The molecule has 11 heavy (non-hydrogen) atoms. The van der Waals surface area contributed by atoms with Crippen molar-refractivity contribution in [1.82, 2.24) is 0 Å². The second kappa shape index (κ2) is 10.1. The monoisotopic (exact) mass is 180 g/mol. The number of aliphatic hydroxyl groups is 1. The van der Waals surface area contributed by atoms with Crippen LogP contribution in [0.3, 0.4) is 0 Å². The molecule has 0 amide bonds. The highest BCUT2D eigenvalue weighted by Gasteiger charge is 1.87. The average molecular weight is 180 g/mol. The molecule has 4 nitrogen and oxygen atoms in total. The Morgan fingerprint density at radius 2 is 1.45 bits per heavy atom. The molecule has 0 unspecified atom stereocenters. The molecular weight excluding hydrogens is 164 g/mol. The van der Waals surface area contributed by atoms with Crippen LogP contribution in [0.15, 0.2) is 0 Å². The lowest BCUT2D eigenvalue weighted by molar-refractivity contribution is -0.0351. The molecule has 0 bridgehead atoms. The highest BCUT2D eigenvalue weighted by Crippen LogP contribution is 1.78. The lowest BCUT2D eigenvalue weighted by Gasteiger charge is -2.03. The van der Waals surface area contributed by atoms with Gasteiger partial charge in [-0.25, -0.2) is 0 Å². The van der Waals surface area contributed by atoms with Gasteiger partial charge in [-0.1, -0.05) is 0 Å². The number of rotatable bonds is 8. The Morgan fingerprint density at radius 3 is 2.00 bits per heavy atom. The molecular formula is C6H16O4Si. The van der Waals surface area contributed by atoms with Crippen molar-refractivity contribution in [3.05, 3.63) is 0 Å². The zero-order chi connectivity index (χ0) is 8.36. The van der Waals surface area contributed by atoms with Gasteiger partial charge in [-0.2, -0.15) is 0 Å². The number of ether oxygens (including phenoxy) is 3. The minimum atomic E-state index is -0.236. The molecule has 0 spiro atoms. The van der Waals surface area contributed by atoms with Crippen LogP contribution < -0.4 is 0 Å². The Bertz CT molecular complexity index is 63.6. The standard InChI is InChI=1S/C6H16O4Si/c7-5-9-3-1-8-2-4-10-6-11/h7H,1-6H2,11H3. The zero-order valence-corrected chi connectivity index (χ0v) is 8.91. The summed E-state index contributed by atoms with van der Waals surface area (Å²) in [4.78, 5) is 0. The summed E-state index contributed by atoms with van der Waals surface area (Å²) in [6.07, 6.45) is 0.858. The van der Waals surface area contributed by atoms with E-state index in [0.717, 1.165) is 16.5 Å². The van der Waals surface area contributed by atoms with Crippen molar-refractivity contribution in [2.45, 2.75) is 0 Å². The van der Waals surface area contributed by atoms with Gasteiger partial charge in [0.1, 0.15) is 6.79 Å². The fourth-order valence-corrected chi connectivity index (χ4v) is 0.835. The van der Waals surface area contributed by atoms with Crippen molar-refractivity contribution in [3.8, 4) is 0 Å². The maximum absolute atomic E-state index is 8.21. The van der Waals surface area contributed by atoms with Gasteiger partial charge in [-0.05, 0) is 0 Å². The second-order valence-electron chi connectivity index (χ2n) is 1.85. The van der Waals surface area contributed by atoms with Gasteiger partial charge >= 0.3 is 0 Å². The van der Waals surface area contributed by atoms with E-state index >= 15 is 0 Å². The Labute approximate surface area is 69.9 Å². The highest BCUT2D eigenvalue weighted by atomic mass is 28.1. The molecule has 0 fully saturated rings. The number of hydrogen-bond acceptors (Lipinski definition) is 4. The minimum absolute atomic E-state index is 0.236. The molecule has 1 N–H and O–H groups in total. The summed E-state index contributed by atoms with van der Waals surface area (Å²) in [6.45, 7) is 1.99. The van der Waals surface area contributed by atoms with Crippen LogP contribution in [0.1, 0.15) is 0 Å². The molecule has 0 rings (SSSR count). The van der Waals surface area contributed by atoms with Gasteiger partial charge in [0, 0.05) is 16.5 Å². The molecule has 0 radical (unpaired) electrons. The Balaban J connectivity index is 2.69. The third-order valence-electron chi connectivity index (χ3n) is 1.04. The molecule has 5 heteroatoms. The first-order valence-corrected chi connectivity index (χ1v) is 5.17. The van der Waals surface area contributed by atoms with Gasteiger partial charge in [0.15, 0.2) is 0 Å². The molecule has 0 aromatic heterocycles. The van der Waals surface area contributed by atoms with Crippen molar-refractivity contribution < 1.29 is 19.3 Å². The lowest BCUT2D eigenvalue weighted by atomic mass is 10.7. The molecule has 0 aliphatic heterocycles. The summed E-state index contributed by atoms with van der Waals surface area (Å²) in [5.41, 5.74) is 0. The Morgan fingerprint density at radius 1 is 0.909 bits per heavy atom. The van der Waals surface area contributed by atoms with Crippen LogP contribution in [0, 0.1) is 0 Å². The van der Waals surface area contributed by atoms with Crippen LogP contribution in [0.4, 0.5) is 0 Å². The summed E-state index contributed by atoms with van der Waals surface area (Å²) < 4.78 is 14.8. The average Bonchev–Trinajstić information content (AvgIpc) is 2.03. The van der Waals surface area contributed by atoms with E-state index in [0.29, 0.717) is 26.4 Å². The minimum Gasteiger partial charge on any atom is -0.383 e. The smallest absolute Gasteiger partial charge is 0.143 e. The summed E-state index contributed by atoms with van der Waals surface area (Å²) in [6, 6.07) is 0. The van der Waals surface area contributed by atoms with E-state index in [1.54, 1.807) is 0 Å². The molecule has 0 aromatic carbocycles. The van der Waals surface area contributed by atoms with E-state index in [9.17, 15) is 0 Å². The third-order valence-corrected chi connectivity index (χ3v) is 1.45. The molecule has 0 aliphatic carbocycles. The van der Waals surface area contributed by atoms with Crippen LogP contribution in [0.2, 0.25) is 0 Å². The van der Waals surface area contributed by atoms with E-state index < -0.39 is 0 Å². The van der Waals surface area contributed by atoms with Crippen LogP contribution in [-0.2, 0) is 14.2 Å². The first kappa shape index (κ1) is 11.1. The summed E-state index contributed by atoms with van der Waals surface area (Å²) in [5, 5.41) is 8.21. The van der Waals surface area contributed by atoms with Crippen molar-refractivity contribution in [2.24, 2.45) is 0 Å². The van der Waals surface area contributed by atoms with Crippen molar-refractivity contribution >= 4 is 10.2 Å². The number of hydrogen-bond donors (Lipinski definition) is 1. The molecule has 0 saturated heterocycles. The van der Waals surface area contributed by atoms with E-state index in [1.165, 1.54) is 0 Å². The van der Waals surface area contributed by atoms with Crippen LogP contribution >= 0.6 is 0 Å². The molecule has 0 atom stereocenters. The third kappa shape index (κ3) is 10.1. The number of aliphatic hydroxyl groups excluding tert-OH is 1. The molecule has 0 heterocycles. The largest absolute Gasteiger partial charge is 0.383 e. The van der Waals surface area contributed by atoms with Crippen molar-refractivity contribution in [1.29, 1.82) is 0 Å². The van der Waals surface area contributed by atoms with Crippen LogP contribution in [0.25, 0.3) is 0 Å². The summed E-state index contributed by atoms with van der Waals surface area (Å²) in [5.74, 6) is 0. The quantitative estimate of drug-likeness (QED) is 0.275. The van der Waals surface area contributed by atoms with Gasteiger partial charge < -0.3 is 19.3 Å². The van der Waals surface area contributed by atoms with Gasteiger partial charge in [0.2, 0.25) is 0 Å². The highest BCUT2D eigenvalue weighted by molar-refractivity contribution is 6.08. The zero-order valence-electron chi connectivity index (χ0n) is 6.91. The van der Waals surface area contributed by atoms with E-state index in [2.05, 4.69) is 4.74 Å². The van der Waals surface area contributed by atoms with Gasteiger partial charge in [-0.15, -0.1) is 0 Å². The van der Waals surface area contributed by atoms with E-state index in [1.807, 2.05) is 0 Å². The normalized spacial score (nSPS) is 10.6. The van der Waals surface area contributed by atoms with Gasteiger partial charge in [0.05, 0.1) is 26.4 Å². The van der Waals surface area contributed by atoms with Crippen LogP contribution in [-0.4, -0.2) is 54.8 Å². The molecule has 0 saturated carbocycles. The van der Waals surface area contributed by atoms with Gasteiger partial charge in [0.25, 0.3) is 0 Å². The fraction of sp³-hybridized carbons (Fsp3) is 1.00. The Hall–Kier alpha value is 0.0569. The molecule has 68 valence electrons. The predicted molar refractivity (Wildman–Crippen MR) is 44.6 cm³/mol. The first-order chi connectivity index (χ1) is 5.41. The summed E-state index contributed by atoms with van der Waals surface area (Å²) in [7, 11) is 1.07. The van der Waals surface area contributed by atoms with Crippen molar-refractivity contribution in [3.63, 3.8) is 0 Å². The van der Waals surface area contributed by atoms with Crippen LogP contribution in [0.5, 0.6) is 0 Å². The Kier molecular flexibility index (Phi) is 10.1. The van der Waals surface area contributed by atoms with E-state index in [4.69, 9.17) is 14.6 Å². The predicted octanol–water partition coefficient (Wildman–Crippen LogP) is -1.69. The maximum Gasteiger partial charge on any atom is 0.143 e. The topological polar surface area (TPSA) is 47.9 Å². The lowest BCUT2D eigenvalue weighted by Crippen LogP contribution is -2.09. The first-order valence-electron chi connectivity index (χ1n) is 3.76. The molecule has 0 aliphatic rings. The second-order valence-corrected chi connectivity index (χ2v) is 2.42. The SMILES string of the molecule is OCOCCOCCOC[SiH3]. The van der Waals surface area contributed by atoms with Crippen molar-refractivity contribution in [2.75, 3.05) is 39.5 Å². The maximum atomic E-state index is 8.21. The molecule has 0 aromatic rings. The van der Waals surface area contributed by atoms with E-state index in [-0.39, 0.29) is 6.79 Å². The fourth-order valence-electron chi connectivity index (χ4n) is 0.547.